The maximum absolute atomic E-state index is 12.6. The van der Waals surface area contributed by atoms with E-state index in [0.717, 1.165) is 23.8 Å². The molecule has 2 heterocycles. The lowest BCUT2D eigenvalue weighted by atomic mass is 9.79. The maximum atomic E-state index is 12.6. The molecule has 3 unspecified atom stereocenters. The van der Waals surface area contributed by atoms with Gasteiger partial charge in [-0.25, -0.2) is 19.4 Å². The predicted molar refractivity (Wildman–Crippen MR) is 115 cm³/mol. The Hall–Kier alpha value is -3.53. The Morgan fingerprint density at radius 2 is 1.52 bits per heavy atom. The number of hydrogen-bond acceptors (Lipinski definition) is 9. The van der Waals surface area contributed by atoms with Gasteiger partial charge in [-0.05, 0) is 16.7 Å². The number of carbonyl (C=O) groups is 2. The molecule has 5 rings (SSSR count). The van der Waals surface area contributed by atoms with E-state index < -0.39 is 41.7 Å². The van der Waals surface area contributed by atoms with Gasteiger partial charge in [0.05, 0.1) is 26.1 Å². The van der Waals surface area contributed by atoms with E-state index in [1.165, 1.54) is 7.11 Å². The van der Waals surface area contributed by atoms with Crippen LogP contribution in [0.5, 0.6) is 0 Å². The summed E-state index contributed by atoms with van der Waals surface area (Å²) in [7, 11) is 2.40. The highest BCUT2D eigenvalue weighted by atomic mass is 17.2. The standard InChI is InChI=1S/C24H22N2O7/c1-30-22(27)19-17-18(24(29,26-25-19)23(28)31-2)21-16(20(17)32-33-21)15(13-9-5-3-6-10-13)14-11-7-4-8-12-14/h3-12,17-18,20-21,26,29H,1-2H3/t17-,18-,20?,21?,24?/m1/s1. The molecule has 170 valence electrons. The highest BCUT2D eigenvalue weighted by Gasteiger charge is 2.69. The minimum Gasteiger partial charge on any atom is -0.465 e. The Morgan fingerprint density at radius 3 is 2.06 bits per heavy atom. The molecule has 9 heteroatoms. The minimum atomic E-state index is -2.23. The smallest absolute Gasteiger partial charge is 0.361 e. The summed E-state index contributed by atoms with van der Waals surface area (Å²) in [5, 5.41) is 15.3. The van der Waals surface area contributed by atoms with E-state index in [4.69, 9.17) is 19.2 Å². The van der Waals surface area contributed by atoms with Crippen molar-refractivity contribution in [3.8, 4) is 0 Å². The summed E-state index contributed by atoms with van der Waals surface area (Å²) < 4.78 is 9.75. The predicted octanol–water partition coefficient (Wildman–Crippen LogP) is 1.43. The van der Waals surface area contributed by atoms with Gasteiger partial charge in [0.1, 0.15) is 12.2 Å². The summed E-state index contributed by atoms with van der Waals surface area (Å²) in [5.41, 5.74) is 3.51. The Kier molecular flexibility index (Phi) is 5.24. The summed E-state index contributed by atoms with van der Waals surface area (Å²) in [4.78, 5) is 36.5. The Morgan fingerprint density at radius 1 is 0.939 bits per heavy atom. The van der Waals surface area contributed by atoms with Crippen molar-refractivity contribution in [2.24, 2.45) is 16.9 Å². The second kappa shape index (κ2) is 8.11. The number of fused-ring (bicyclic) bond motifs is 5. The first kappa shape index (κ1) is 21.3. The summed E-state index contributed by atoms with van der Waals surface area (Å²) in [5.74, 6) is -3.39. The highest BCUT2D eigenvalue weighted by molar-refractivity contribution is 6.38. The second-order valence-electron chi connectivity index (χ2n) is 8.01. The number of esters is 2. The van der Waals surface area contributed by atoms with Crippen molar-refractivity contribution in [2.45, 2.75) is 17.9 Å². The van der Waals surface area contributed by atoms with Gasteiger partial charge in [-0.1, -0.05) is 60.7 Å². The number of hydrogen-bond donors (Lipinski definition) is 2. The van der Waals surface area contributed by atoms with Crippen molar-refractivity contribution >= 4 is 23.2 Å². The van der Waals surface area contributed by atoms with Gasteiger partial charge in [-0.15, -0.1) is 0 Å². The molecule has 0 spiro atoms. The van der Waals surface area contributed by atoms with Gasteiger partial charge in [0.2, 0.25) is 0 Å². The zero-order chi connectivity index (χ0) is 23.2. The number of methoxy groups -OCH3 is 2. The molecule has 2 aliphatic heterocycles. The van der Waals surface area contributed by atoms with Crippen molar-refractivity contribution in [1.29, 1.82) is 0 Å². The first-order chi connectivity index (χ1) is 16.0. The Labute approximate surface area is 189 Å². The molecule has 2 fully saturated rings. The third-order valence-corrected chi connectivity index (χ3v) is 6.36. The van der Waals surface area contributed by atoms with Crippen LogP contribution >= 0.6 is 0 Å². The lowest BCUT2D eigenvalue weighted by Crippen LogP contribution is -2.66. The topological polar surface area (TPSA) is 116 Å². The van der Waals surface area contributed by atoms with E-state index in [1.807, 2.05) is 60.7 Å². The molecular formula is C24H22N2O7. The monoisotopic (exact) mass is 450 g/mol. The molecule has 0 radical (unpaired) electrons. The Bertz CT molecular complexity index is 1110. The largest absolute Gasteiger partial charge is 0.465 e. The van der Waals surface area contributed by atoms with Crippen LogP contribution in [0.4, 0.5) is 0 Å². The number of hydrazone groups is 1. The molecular weight excluding hydrogens is 428 g/mol. The lowest BCUT2D eigenvalue weighted by Gasteiger charge is -2.41. The fourth-order valence-electron chi connectivity index (χ4n) is 4.97. The average Bonchev–Trinajstić information content (AvgIpc) is 3.42. The summed E-state index contributed by atoms with van der Waals surface area (Å²) >= 11 is 0. The molecule has 3 aliphatic rings. The van der Waals surface area contributed by atoms with Crippen LogP contribution in [0, 0.1) is 11.8 Å². The summed E-state index contributed by atoms with van der Waals surface area (Å²) in [6, 6.07) is 19.3. The third kappa shape index (κ3) is 3.16. The van der Waals surface area contributed by atoms with Crippen LogP contribution in [0.25, 0.3) is 5.57 Å². The first-order valence-corrected chi connectivity index (χ1v) is 10.4. The number of nitrogens with zero attached hydrogens (tertiary/aromatic N) is 1. The molecule has 9 nitrogen and oxygen atoms in total. The van der Waals surface area contributed by atoms with Crippen LogP contribution in [-0.2, 0) is 28.8 Å². The number of ether oxygens (including phenoxy) is 2. The molecule has 2 aromatic rings. The van der Waals surface area contributed by atoms with Crippen LogP contribution in [0.2, 0.25) is 0 Å². The fraction of sp³-hybridized carbons (Fsp3) is 0.292. The number of nitrogens with one attached hydrogen (secondary N) is 1. The summed E-state index contributed by atoms with van der Waals surface area (Å²) in [6.07, 6.45) is -1.64. The normalized spacial score (nSPS) is 29.5. The molecule has 0 aromatic heterocycles. The zero-order valence-corrected chi connectivity index (χ0v) is 17.9. The van der Waals surface area contributed by atoms with Crippen LogP contribution in [0.3, 0.4) is 0 Å². The van der Waals surface area contributed by atoms with E-state index in [2.05, 4.69) is 10.5 Å². The highest BCUT2D eigenvalue weighted by Crippen LogP contribution is 2.54. The fourth-order valence-corrected chi connectivity index (χ4v) is 4.97. The molecule has 2 aromatic carbocycles. The van der Waals surface area contributed by atoms with Crippen molar-refractivity contribution in [1.82, 2.24) is 5.43 Å². The quantitative estimate of drug-likeness (QED) is 0.531. The molecule has 0 amide bonds. The molecule has 1 saturated heterocycles. The van der Waals surface area contributed by atoms with Crippen molar-refractivity contribution in [3.05, 3.63) is 77.4 Å². The van der Waals surface area contributed by atoms with Crippen molar-refractivity contribution in [3.63, 3.8) is 0 Å². The molecule has 33 heavy (non-hydrogen) atoms. The minimum absolute atomic E-state index is 0.00449. The van der Waals surface area contributed by atoms with Gasteiger partial charge >= 0.3 is 11.9 Å². The molecule has 2 bridgehead atoms. The third-order valence-electron chi connectivity index (χ3n) is 6.36. The molecule has 1 aliphatic carbocycles. The van der Waals surface area contributed by atoms with Crippen LogP contribution in [-0.4, -0.2) is 54.9 Å². The maximum Gasteiger partial charge on any atom is 0.361 e. The molecule has 2 N–H and O–H groups in total. The molecule has 5 atom stereocenters. The lowest BCUT2D eigenvalue weighted by molar-refractivity contribution is -0.348. The van der Waals surface area contributed by atoms with E-state index in [9.17, 15) is 14.7 Å². The number of aliphatic hydroxyl groups is 1. The Balaban J connectivity index is 1.75. The number of benzene rings is 2. The van der Waals surface area contributed by atoms with E-state index in [1.54, 1.807) is 0 Å². The number of rotatable bonds is 4. The van der Waals surface area contributed by atoms with Gasteiger partial charge in [0.25, 0.3) is 5.72 Å². The van der Waals surface area contributed by atoms with Gasteiger partial charge < -0.3 is 14.6 Å². The van der Waals surface area contributed by atoms with Crippen molar-refractivity contribution in [2.75, 3.05) is 14.2 Å². The van der Waals surface area contributed by atoms with Gasteiger partial charge in [-0.3, -0.25) is 5.43 Å². The van der Waals surface area contributed by atoms with Gasteiger partial charge in [0, 0.05) is 5.57 Å². The van der Waals surface area contributed by atoms with Gasteiger partial charge in [0.15, 0.2) is 5.71 Å². The van der Waals surface area contributed by atoms with Crippen molar-refractivity contribution < 1.29 is 33.9 Å². The van der Waals surface area contributed by atoms with Crippen LogP contribution in [0.1, 0.15) is 11.1 Å². The SMILES string of the molecule is COC(=O)C1=NNC(O)(C(=O)OC)[C@H]2C3OOC(C3=C(c3ccccc3)c3ccccc3)[C@@H]12. The van der Waals surface area contributed by atoms with E-state index >= 15 is 0 Å². The van der Waals surface area contributed by atoms with Crippen LogP contribution in [0.15, 0.2) is 71.3 Å². The molecule has 1 saturated carbocycles. The first-order valence-electron chi connectivity index (χ1n) is 10.4. The van der Waals surface area contributed by atoms with Gasteiger partial charge in [-0.2, -0.15) is 5.10 Å². The number of carbonyl (C=O) groups excluding carboxylic acids is 2. The zero-order valence-electron chi connectivity index (χ0n) is 17.9. The summed E-state index contributed by atoms with van der Waals surface area (Å²) in [6.45, 7) is 0. The van der Waals surface area contributed by atoms with E-state index in [-0.39, 0.29) is 5.71 Å². The second-order valence-corrected chi connectivity index (χ2v) is 8.01. The average molecular weight is 450 g/mol. The van der Waals surface area contributed by atoms with E-state index in [0.29, 0.717) is 5.57 Å². The van der Waals surface area contributed by atoms with Crippen LogP contribution < -0.4 is 5.43 Å².